The van der Waals surface area contributed by atoms with Gasteiger partial charge in [0.15, 0.2) is 0 Å². The molecule has 0 aliphatic heterocycles. The number of carbonyl (C=O) groups excluding carboxylic acids is 1. The van der Waals surface area contributed by atoms with E-state index in [2.05, 4.69) is 15.4 Å². The molecule has 5 nitrogen and oxygen atoms in total. The van der Waals surface area contributed by atoms with Crippen molar-refractivity contribution in [1.29, 1.82) is 0 Å². The standard InChI is InChI=1S/C13H15ClN4O/c1-4-10-6-9(7-11(14)15-10)13(19)16-12-5-8(2)17-18(12)3/h5-7H,4H2,1-3H3,(H,16,19). The topological polar surface area (TPSA) is 59.8 Å². The van der Waals surface area contributed by atoms with E-state index in [1.54, 1.807) is 29.9 Å². The van der Waals surface area contributed by atoms with Gasteiger partial charge in [0.25, 0.3) is 5.91 Å². The predicted octanol–water partition coefficient (Wildman–Crippen LogP) is 2.59. The molecule has 0 aliphatic rings. The van der Waals surface area contributed by atoms with Crippen LogP contribution in [0.1, 0.15) is 28.7 Å². The zero-order valence-electron chi connectivity index (χ0n) is 11.1. The number of anilines is 1. The summed E-state index contributed by atoms with van der Waals surface area (Å²) < 4.78 is 1.62. The van der Waals surface area contributed by atoms with Gasteiger partial charge >= 0.3 is 0 Å². The molecule has 0 spiro atoms. The van der Waals surface area contributed by atoms with Gasteiger partial charge < -0.3 is 5.32 Å². The smallest absolute Gasteiger partial charge is 0.256 e. The lowest BCUT2D eigenvalue weighted by molar-refractivity contribution is 0.102. The molecule has 0 unspecified atom stereocenters. The number of nitrogens with one attached hydrogen (secondary N) is 1. The molecule has 0 saturated heterocycles. The van der Waals surface area contributed by atoms with Gasteiger partial charge in [-0.1, -0.05) is 18.5 Å². The van der Waals surface area contributed by atoms with Crippen molar-refractivity contribution in [3.05, 3.63) is 40.3 Å². The van der Waals surface area contributed by atoms with Crippen LogP contribution in [0.2, 0.25) is 5.15 Å². The van der Waals surface area contributed by atoms with Crippen LogP contribution < -0.4 is 5.32 Å². The normalized spacial score (nSPS) is 10.5. The summed E-state index contributed by atoms with van der Waals surface area (Å²) in [5, 5.41) is 7.30. The zero-order valence-corrected chi connectivity index (χ0v) is 11.8. The average Bonchev–Trinajstić information content (AvgIpc) is 2.67. The first-order valence-electron chi connectivity index (χ1n) is 5.98. The van der Waals surface area contributed by atoms with Crippen LogP contribution in [0, 0.1) is 6.92 Å². The highest BCUT2D eigenvalue weighted by Gasteiger charge is 2.11. The van der Waals surface area contributed by atoms with E-state index in [-0.39, 0.29) is 5.91 Å². The van der Waals surface area contributed by atoms with E-state index < -0.39 is 0 Å². The van der Waals surface area contributed by atoms with Crippen LogP contribution in [0.5, 0.6) is 0 Å². The lowest BCUT2D eigenvalue weighted by Gasteiger charge is -2.06. The molecule has 100 valence electrons. The summed E-state index contributed by atoms with van der Waals surface area (Å²) in [6, 6.07) is 5.10. The fraction of sp³-hybridized carbons (Fsp3) is 0.308. The number of pyridine rings is 1. The van der Waals surface area contributed by atoms with Crippen LogP contribution in [0.15, 0.2) is 18.2 Å². The van der Waals surface area contributed by atoms with E-state index in [1.165, 1.54) is 0 Å². The first kappa shape index (κ1) is 13.5. The third-order valence-electron chi connectivity index (χ3n) is 2.72. The number of aryl methyl sites for hydroxylation is 3. The van der Waals surface area contributed by atoms with Gasteiger partial charge in [0.2, 0.25) is 0 Å². The SMILES string of the molecule is CCc1cc(C(=O)Nc2cc(C)nn2C)cc(Cl)n1. The number of carbonyl (C=O) groups is 1. The number of nitrogens with zero attached hydrogens (tertiary/aromatic N) is 3. The minimum absolute atomic E-state index is 0.220. The highest BCUT2D eigenvalue weighted by molar-refractivity contribution is 6.29. The quantitative estimate of drug-likeness (QED) is 0.878. The molecule has 2 heterocycles. The summed E-state index contributed by atoms with van der Waals surface area (Å²) in [6.07, 6.45) is 0.728. The molecule has 0 saturated carbocycles. The maximum atomic E-state index is 12.2. The van der Waals surface area contributed by atoms with Crippen LogP contribution in [0.3, 0.4) is 0 Å². The molecule has 0 aromatic carbocycles. The number of hydrogen-bond donors (Lipinski definition) is 1. The van der Waals surface area contributed by atoms with Gasteiger partial charge in [-0.2, -0.15) is 5.10 Å². The van der Waals surface area contributed by atoms with Gasteiger partial charge in [-0.05, 0) is 25.5 Å². The Labute approximate surface area is 116 Å². The first-order chi connectivity index (χ1) is 8.99. The second kappa shape index (κ2) is 5.40. The number of rotatable bonds is 3. The Bertz CT molecular complexity index is 621. The average molecular weight is 279 g/mol. The number of halogens is 1. The predicted molar refractivity (Wildman–Crippen MR) is 74.5 cm³/mol. The second-order valence-corrected chi connectivity index (χ2v) is 4.66. The van der Waals surface area contributed by atoms with E-state index in [1.807, 2.05) is 13.8 Å². The molecule has 2 aromatic rings. The van der Waals surface area contributed by atoms with Crippen molar-refractivity contribution in [3.8, 4) is 0 Å². The molecular formula is C13H15ClN4O. The summed E-state index contributed by atoms with van der Waals surface area (Å²) in [4.78, 5) is 16.3. The summed E-state index contributed by atoms with van der Waals surface area (Å²) in [5.74, 6) is 0.426. The number of amides is 1. The highest BCUT2D eigenvalue weighted by Crippen LogP contribution is 2.14. The van der Waals surface area contributed by atoms with E-state index in [0.29, 0.717) is 16.5 Å². The molecule has 6 heteroatoms. The van der Waals surface area contributed by atoms with Crippen LogP contribution in [-0.2, 0) is 13.5 Å². The van der Waals surface area contributed by atoms with Gasteiger partial charge in [-0.3, -0.25) is 9.48 Å². The van der Waals surface area contributed by atoms with Crippen LogP contribution in [0.25, 0.3) is 0 Å². The minimum atomic E-state index is -0.220. The van der Waals surface area contributed by atoms with Crippen molar-refractivity contribution in [1.82, 2.24) is 14.8 Å². The van der Waals surface area contributed by atoms with E-state index in [9.17, 15) is 4.79 Å². The van der Waals surface area contributed by atoms with Crippen molar-refractivity contribution >= 4 is 23.3 Å². The van der Waals surface area contributed by atoms with Crippen molar-refractivity contribution in [3.63, 3.8) is 0 Å². The van der Waals surface area contributed by atoms with Gasteiger partial charge in [0.1, 0.15) is 11.0 Å². The van der Waals surface area contributed by atoms with Crippen LogP contribution >= 0.6 is 11.6 Å². The van der Waals surface area contributed by atoms with Crippen molar-refractivity contribution < 1.29 is 4.79 Å². The first-order valence-corrected chi connectivity index (χ1v) is 6.36. The molecule has 2 aromatic heterocycles. The molecule has 0 aliphatic carbocycles. The zero-order chi connectivity index (χ0) is 14.0. The van der Waals surface area contributed by atoms with Gasteiger partial charge in [-0.15, -0.1) is 0 Å². The number of aromatic nitrogens is 3. The lowest BCUT2D eigenvalue weighted by atomic mass is 10.2. The Morgan fingerprint density at radius 3 is 2.74 bits per heavy atom. The number of hydrogen-bond acceptors (Lipinski definition) is 3. The molecule has 1 amide bonds. The fourth-order valence-electron chi connectivity index (χ4n) is 1.78. The van der Waals surface area contributed by atoms with Crippen molar-refractivity contribution in [2.45, 2.75) is 20.3 Å². The molecule has 0 atom stereocenters. The molecule has 2 rings (SSSR count). The second-order valence-electron chi connectivity index (χ2n) is 4.27. The van der Waals surface area contributed by atoms with Gasteiger partial charge in [-0.25, -0.2) is 4.98 Å². The lowest BCUT2D eigenvalue weighted by Crippen LogP contribution is -2.15. The fourth-order valence-corrected chi connectivity index (χ4v) is 2.01. The van der Waals surface area contributed by atoms with E-state index in [4.69, 9.17) is 11.6 Å². The summed E-state index contributed by atoms with van der Waals surface area (Å²) in [5.41, 5.74) is 2.13. The maximum absolute atomic E-state index is 12.2. The van der Waals surface area contributed by atoms with Gasteiger partial charge in [0.05, 0.1) is 5.69 Å². The monoisotopic (exact) mass is 278 g/mol. The Balaban J connectivity index is 2.25. The summed E-state index contributed by atoms with van der Waals surface area (Å²) in [7, 11) is 1.78. The third-order valence-corrected chi connectivity index (χ3v) is 2.91. The van der Waals surface area contributed by atoms with E-state index >= 15 is 0 Å². The molecule has 0 bridgehead atoms. The maximum Gasteiger partial charge on any atom is 0.256 e. The largest absolute Gasteiger partial charge is 0.307 e. The Kier molecular flexibility index (Phi) is 3.85. The Hall–Kier alpha value is -1.88. The Morgan fingerprint density at radius 1 is 1.42 bits per heavy atom. The van der Waals surface area contributed by atoms with Crippen molar-refractivity contribution in [2.75, 3.05) is 5.32 Å². The summed E-state index contributed by atoms with van der Waals surface area (Å²) in [6.45, 7) is 3.83. The van der Waals surface area contributed by atoms with E-state index in [0.717, 1.165) is 17.8 Å². The molecule has 1 N–H and O–H groups in total. The molecule has 0 radical (unpaired) electrons. The molecule has 0 fully saturated rings. The third kappa shape index (κ3) is 3.12. The van der Waals surface area contributed by atoms with Crippen LogP contribution in [0.4, 0.5) is 5.82 Å². The van der Waals surface area contributed by atoms with Crippen molar-refractivity contribution in [2.24, 2.45) is 7.05 Å². The van der Waals surface area contributed by atoms with Crippen LogP contribution in [-0.4, -0.2) is 20.7 Å². The molecule has 19 heavy (non-hydrogen) atoms. The Morgan fingerprint density at radius 2 is 2.16 bits per heavy atom. The van der Waals surface area contributed by atoms with Gasteiger partial charge in [0, 0.05) is 24.4 Å². The minimum Gasteiger partial charge on any atom is -0.307 e. The summed E-state index contributed by atoms with van der Waals surface area (Å²) >= 11 is 5.90. The molecular weight excluding hydrogens is 264 g/mol. The highest BCUT2D eigenvalue weighted by atomic mass is 35.5.